The molecule has 0 heterocycles. The van der Waals surface area contributed by atoms with Gasteiger partial charge in [-0.2, -0.15) is 0 Å². The van der Waals surface area contributed by atoms with E-state index >= 15 is 0 Å². The summed E-state index contributed by atoms with van der Waals surface area (Å²) in [6.07, 6.45) is 4.57. The topological polar surface area (TPSA) is 3.24 Å². The highest BCUT2D eigenvalue weighted by molar-refractivity contribution is 4.97. The van der Waals surface area contributed by atoms with Crippen molar-refractivity contribution in [3.05, 3.63) is 12.2 Å². The zero-order valence-corrected chi connectivity index (χ0v) is 9.39. The molecule has 0 aliphatic heterocycles. The van der Waals surface area contributed by atoms with Crippen molar-refractivity contribution in [1.29, 1.82) is 0 Å². The minimum atomic E-state index is 0.329. The lowest BCUT2D eigenvalue weighted by Crippen LogP contribution is -2.17. The third kappa shape index (κ3) is 4.55. The summed E-state index contributed by atoms with van der Waals surface area (Å²) in [5.74, 6) is 0.705. The first kappa shape index (κ1) is 11.7. The fraction of sp³-hybridized carbons (Fsp3) is 0.818. The lowest BCUT2D eigenvalue weighted by molar-refractivity contribution is 0.330. The smallest absolute Gasteiger partial charge is 0.0157 e. The molecule has 1 nitrogen and oxygen atoms in total. The molecular weight excluding hydrogens is 146 g/mol. The first-order valence-corrected chi connectivity index (χ1v) is 4.68. The monoisotopic (exact) mass is 169 g/mol. The molecule has 0 saturated carbocycles. The Morgan fingerprint density at radius 2 is 1.75 bits per heavy atom. The SMILES string of the molecule is CC(C)C(C)(C)/C=C/CN(C)C. The van der Waals surface area contributed by atoms with Crippen molar-refractivity contribution in [3.8, 4) is 0 Å². The molecule has 0 aromatic carbocycles. The quantitative estimate of drug-likeness (QED) is 0.585. The Balaban J connectivity index is 3.96. The number of nitrogens with zero attached hydrogens (tertiary/aromatic N) is 1. The second-order valence-corrected chi connectivity index (χ2v) is 4.64. The highest BCUT2D eigenvalue weighted by atomic mass is 15.0. The van der Waals surface area contributed by atoms with E-state index in [4.69, 9.17) is 0 Å². The van der Waals surface area contributed by atoms with Crippen molar-refractivity contribution < 1.29 is 0 Å². The molecule has 0 rings (SSSR count). The van der Waals surface area contributed by atoms with Gasteiger partial charge in [0.2, 0.25) is 0 Å². The van der Waals surface area contributed by atoms with Crippen LogP contribution in [0.3, 0.4) is 0 Å². The van der Waals surface area contributed by atoms with Crippen LogP contribution < -0.4 is 0 Å². The van der Waals surface area contributed by atoms with Crippen LogP contribution in [0.1, 0.15) is 27.7 Å². The lowest BCUT2D eigenvalue weighted by atomic mass is 9.81. The van der Waals surface area contributed by atoms with E-state index in [-0.39, 0.29) is 0 Å². The van der Waals surface area contributed by atoms with Gasteiger partial charge < -0.3 is 4.90 Å². The van der Waals surface area contributed by atoms with Gasteiger partial charge in [-0.1, -0.05) is 39.8 Å². The van der Waals surface area contributed by atoms with Crippen LogP contribution >= 0.6 is 0 Å². The molecule has 0 bridgehead atoms. The summed E-state index contributed by atoms with van der Waals surface area (Å²) < 4.78 is 0. The zero-order chi connectivity index (χ0) is 9.78. The molecule has 0 amide bonds. The van der Waals surface area contributed by atoms with Crippen LogP contribution in [-0.4, -0.2) is 25.5 Å². The average molecular weight is 169 g/mol. The van der Waals surface area contributed by atoms with E-state index < -0.39 is 0 Å². The lowest BCUT2D eigenvalue weighted by Gasteiger charge is -2.25. The number of rotatable bonds is 4. The molecule has 0 fully saturated rings. The molecule has 0 saturated heterocycles. The van der Waals surface area contributed by atoms with Gasteiger partial charge in [0.05, 0.1) is 0 Å². The Morgan fingerprint density at radius 3 is 2.08 bits per heavy atom. The minimum absolute atomic E-state index is 0.329. The fourth-order valence-corrected chi connectivity index (χ4v) is 0.760. The van der Waals surface area contributed by atoms with Crippen LogP contribution in [0.25, 0.3) is 0 Å². The highest BCUT2D eigenvalue weighted by Gasteiger charge is 2.17. The van der Waals surface area contributed by atoms with Crippen LogP contribution in [0.2, 0.25) is 0 Å². The minimum Gasteiger partial charge on any atom is -0.306 e. The molecule has 0 unspecified atom stereocenters. The highest BCUT2D eigenvalue weighted by Crippen LogP contribution is 2.27. The second kappa shape index (κ2) is 4.66. The van der Waals surface area contributed by atoms with E-state index in [1.54, 1.807) is 0 Å². The maximum Gasteiger partial charge on any atom is 0.0157 e. The molecule has 12 heavy (non-hydrogen) atoms. The van der Waals surface area contributed by atoms with Crippen LogP contribution in [0.15, 0.2) is 12.2 Å². The largest absolute Gasteiger partial charge is 0.306 e. The van der Waals surface area contributed by atoms with E-state index in [1.165, 1.54) is 0 Å². The second-order valence-electron chi connectivity index (χ2n) is 4.64. The maximum absolute atomic E-state index is 2.32. The number of hydrogen-bond donors (Lipinski definition) is 0. The van der Waals surface area contributed by atoms with Crippen LogP contribution in [0.5, 0.6) is 0 Å². The van der Waals surface area contributed by atoms with E-state index in [9.17, 15) is 0 Å². The third-order valence-electron chi connectivity index (χ3n) is 2.51. The molecule has 0 N–H and O–H groups in total. The fourth-order valence-electron chi connectivity index (χ4n) is 0.760. The van der Waals surface area contributed by atoms with Crippen LogP contribution in [-0.2, 0) is 0 Å². The van der Waals surface area contributed by atoms with E-state index in [0.29, 0.717) is 11.3 Å². The molecule has 0 radical (unpaired) electrons. The predicted molar refractivity (Wildman–Crippen MR) is 56.3 cm³/mol. The van der Waals surface area contributed by atoms with Crippen molar-refractivity contribution in [3.63, 3.8) is 0 Å². The van der Waals surface area contributed by atoms with E-state index in [1.807, 2.05) is 0 Å². The number of hydrogen-bond acceptors (Lipinski definition) is 1. The van der Waals surface area contributed by atoms with Gasteiger partial charge in [-0.3, -0.25) is 0 Å². The summed E-state index contributed by atoms with van der Waals surface area (Å²) in [6, 6.07) is 0. The molecule has 0 spiro atoms. The normalized spacial score (nSPS) is 13.7. The van der Waals surface area contributed by atoms with Crippen molar-refractivity contribution in [2.45, 2.75) is 27.7 Å². The van der Waals surface area contributed by atoms with Gasteiger partial charge in [-0.05, 0) is 25.4 Å². The Kier molecular flexibility index (Phi) is 4.54. The Hall–Kier alpha value is -0.300. The van der Waals surface area contributed by atoms with Gasteiger partial charge in [0.25, 0.3) is 0 Å². The van der Waals surface area contributed by atoms with Gasteiger partial charge in [-0.25, -0.2) is 0 Å². The molecule has 0 aromatic heterocycles. The van der Waals surface area contributed by atoms with Gasteiger partial charge in [-0.15, -0.1) is 0 Å². The first-order valence-electron chi connectivity index (χ1n) is 4.68. The summed E-state index contributed by atoms with van der Waals surface area (Å²) in [4.78, 5) is 2.17. The molecule has 0 atom stereocenters. The summed E-state index contributed by atoms with van der Waals surface area (Å²) in [6.45, 7) is 10.1. The molecule has 1 heteroatoms. The Labute approximate surface area is 77.5 Å². The summed E-state index contributed by atoms with van der Waals surface area (Å²) in [5.41, 5.74) is 0.329. The number of likely N-dealkylation sites (N-methyl/N-ethyl adjacent to an activating group) is 1. The van der Waals surface area contributed by atoms with E-state index in [2.05, 4.69) is 58.8 Å². The predicted octanol–water partition coefficient (Wildman–Crippen LogP) is 2.79. The summed E-state index contributed by atoms with van der Waals surface area (Å²) >= 11 is 0. The molecule has 0 aromatic rings. The van der Waals surface area contributed by atoms with Gasteiger partial charge in [0.1, 0.15) is 0 Å². The third-order valence-corrected chi connectivity index (χ3v) is 2.51. The van der Waals surface area contributed by atoms with Crippen molar-refractivity contribution in [2.75, 3.05) is 20.6 Å². The van der Waals surface area contributed by atoms with Crippen molar-refractivity contribution >= 4 is 0 Å². The molecule has 72 valence electrons. The number of allylic oxidation sites excluding steroid dienone is 1. The van der Waals surface area contributed by atoms with Crippen LogP contribution in [0, 0.1) is 11.3 Å². The van der Waals surface area contributed by atoms with Gasteiger partial charge in [0, 0.05) is 6.54 Å². The first-order chi connectivity index (χ1) is 5.36. The average Bonchev–Trinajstić information content (AvgIpc) is 1.85. The van der Waals surface area contributed by atoms with Crippen LogP contribution in [0.4, 0.5) is 0 Å². The summed E-state index contributed by atoms with van der Waals surface area (Å²) in [7, 11) is 4.18. The molecular formula is C11H23N. The van der Waals surface area contributed by atoms with E-state index in [0.717, 1.165) is 6.54 Å². The van der Waals surface area contributed by atoms with Crippen molar-refractivity contribution in [2.24, 2.45) is 11.3 Å². The molecule has 0 aliphatic carbocycles. The Bertz CT molecular complexity index is 143. The van der Waals surface area contributed by atoms with Crippen molar-refractivity contribution in [1.82, 2.24) is 4.90 Å². The molecule has 0 aliphatic rings. The van der Waals surface area contributed by atoms with Gasteiger partial charge in [0.15, 0.2) is 0 Å². The van der Waals surface area contributed by atoms with Gasteiger partial charge >= 0.3 is 0 Å². The zero-order valence-electron chi connectivity index (χ0n) is 9.39. The standard InChI is InChI=1S/C11H23N/c1-10(2)11(3,4)8-7-9-12(5)6/h7-8,10H,9H2,1-6H3/b8-7+. The Morgan fingerprint density at radius 1 is 1.25 bits per heavy atom. The maximum atomic E-state index is 2.32. The summed E-state index contributed by atoms with van der Waals surface area (Å²) in [5, 5.41) is 0.